The van der Waals surface area contributed by atoms with Crippen molar-refractivity contribution in [2.24, 2.45) is 0 Å². The van der Waals surface area contributed by atoms with E-state index in [0.29, 0.717) is 23.0 Å². The first kappa shape index (κ1) is 16.4. The summed E-state index contributed by atoms with van der Waals surface area (Å²) in [5.41, 5.74) is 1.71. The van der Waals surface area contributed by atoms with Crippen LogP contribution in [0.25, 0.3) is 0 Å². The maximum Gasteiger partial charge on any atom is 0.201 e. The van der Waals surface area contributed by atoms with Gasteiger partial charge in [0.15, 0.2) is 5.78 Å². The molecule has 0 aliphatic heterocycles. The second-order valence-corrected chi connectivity index (χ2v) is 12.7. The Labute approximate surface area is 126 Å². The summed E-state index contributed by atoms with van der Waals surface area (Å²) < 4.78 is 7.41. The molecule has 2 nitrogen and oxygen atoms in total. The zero-order chi connectivity index (χ0) is 14.1. The summed E-state index contributed by atoms with van der Waals surface area (Å²) in [5.74, 6) is 0.236. The molecule has 18 heavy (non-hydrogen) atoms. The van der Waals surface area contributed by atoms with E-state index in [4.69, 9.17) is 4.43 Å². The molecule has 0 bridgehead atoms. The number of rotatable bonds is 5. The Morgan fingerprint density at radius 1 is 1.17 bits per heavy atom. The summed E-state index contributed by atoms with van der Waals surface area (Å²) in [4.78, 5) is 11.6. The highest BCUT2D eigenvalue weighted by atomic mass is 127. The van der Waals surface area contributed by atoms with E-state index in [2.05, 4.69) is 64.1 Å². The SMILES string of the molecule is CC(C)[Si](O[C@H]1C=C(I)C(=O)C1)(C(C)C)C(C)C. The summed E-state index contributed by atoms with van der Waals surface area (Å²) in [5, 5.41) is 0. The van der Waals surface area contributed by atoms with Gasteiger partial charge in [0, 0.05) is 6.42 Å². The van der Waals surface area contributed by atoms with E-state index < -0.39 is 8.32 Å². The van der Waals surface area contributed by atoms with Crippen LogP contribution < -0.4 is 0 Å². The van der Waals surface area contributed by atoms with Crippen LogP contribution in [0.5, 0.6) is 0 Å². The Kier molecular flexibility index (Phi) is 5.62. The molecule has 4 heteroatoms. The normalized spacial score (nSPS) is 21.3. The van der Waals surface area contributed by atoms with E-state index in [1.165, 1.54) is 0 Å². The minimum absolute atomic E-state index is 0.0169. The molecule has 0 amide bonds. The molecular weight excluding hydrogens is 355 g/mol. The first-order valence-electron chi connectivity index (χ1n) is 6.80. The van der Waals surface area contributed by atoms with Gasteiger partial charge < -0.3 is 4.43 Å². The number of allylic oxidation sites excluding steroid dienone is 1. The summed E-state index contributed by atoms with van der Waals surface area (Å²) in [6, 6.07) is 0. The lowest BCUT2D eigenvalue weighted by molar-refractivity contribution is -0.115. The van der Waals surface area contributed by atoms with Crippen molar-refractivity contribution < 1.29 is 9.22 Å². The monoisotopic (exact) mass is 380 g/mol. The minimum atomic E-state index is -1.85. The molecule has 0 N–H and O–H groups in total. The van der Waals surface area contributed by atoms with Crippen LogP contribution in [0.2, 0.25) is 16.6 Å². The second kappa shape index (κ2) is 6.18. The molecule has 0 aromatic heterocycles. The number of Topliss-reactive ketones (excluding diaryl/α,β-unsaturated/α-hetero) is 1. The minimum Gasteiger partial charge on any atom is -0.409 e. The number of hydrogen-bond acceptors (Lipinski definition) is 2. The van der Waals surface area contributed by atoms with Gasteiger partial charge in [-0.05, 0) is 45.3 Å². The Bertz CT molecular complexity index is 326. The molecule has 0 spiro atoms. The summed E-state index contributed by atoms with van der Waals surface area (Å²) in [7, 11) is -1.85. The van der Waals surface area contributed by atoms with E-state index in [1.54, 1.807) is 0 Å². The van der Waals surface area contributed by atoms with Gasteiger partial charge in [0.05, 0.1) is 9.68 Å². The number of ketones is 1. The van der Waals surface area contributed by atoms with Crippen molar-refractivity contribution in [3.05, 3.63) is 9.66 Å². The summed E-state index contributed by atoms with van der Waals surface area (Å²) in [6.45, 7) is 13.7. The van der Waals surface area contributed by atoms with Gasteiger partial charge in [-0.1, -0.05) is 41.5 Å². The third-order valence-electron chi connectivity index (χ3n) is 4.05. The van der Waals surface area contributed by atoms with Crippen LogP contribution in [0.15, 0.2) is 9.66 Å². The Balaban J connectivity index is 2.96. The number of hydrogen-bond donors (Lipinski definition) is 0. The van der Waals surface area contributed by atoms with Gasteiger partial charge in [-0.3, -0.25) is 4.79 Å². The molecule has 1 atom stereocenters. The molecule has 0 heterocycles. The largest absolute Gasteiger partial charge is 0.409 e. The smallest absolute Gasteiger partial charge is 0.201 e. The maximum absolute atomic E-state index is 11.6. The van der Waals surface area contributed by atoms with E-state index in [-0.39, 0.29) is 11.9 Å². The molecule has 0 fully saturated rings. The van der Waals surface area contributed by atoms with Crippen molar-refractivity contribution in [2.75, 3.05) is 0 Å². The predicted octanol–water partition coefficient (Wildman–Crippen LogP) is 4.84. The van der Waals surface area contributed by atoms with Gasteiger partial charge in [-0.15, -0.1) is 0 Å². The van der Waals surface area contributed by atoms with Crippen LogP contribution in [-0.2, 0) is 9.22 Å². The van der Waals surface area contributed by atoms with E-state index >= 15 is 0 Å². The number of carbonyl (C=O) groups is 1. The molecule has 0 aromatic carbocycles. The van der Waals surface area contributed by atoms with E-state index in [1.807, 2.05) is 6.08 Å². The van der Waals surface area contributed by atoms with Crippen molar-refractivity contribution in [1.29, 1.82) is 0 Å². The lowest BCUT2D eigenvalue weighted by atomic mass is 10.3. The van der Waals surface area contributed by atoms with Crippen molar-refractivity contribution in [2.45, 2.75) is 70.7 Å². The molecule has 0 unspecified atom stereocenters. The topological polar surface area (TPSA) is 26.3 Å². The van der Waals surface area contributed by atoms with Crippen LogP contribution >= 0.6 is 22.6 Å². The molecule has 0 saturated heterocycles. The fraction of sp³-hybridized carbons (Fsp3) is 0.786. The highest BCUT2D eigenvalue weighted by Gasteiger charge is 2.47. The first-order chi connectivity index (χ1) is 8.21. The standard InChI is InChI=1S/C14H25IO2Si/c1-9(2)18(10(3)4,11(5)6)17-12-7-13(15)14(16)8-12/h7,9-12H,8H2,1-6H3/t12-/m0/s1. The second-order valence-electron chi connectivity index (χ2n) is 6.12. The fourth-order valence-corrected chi connectivity index (χ4v) is 9.45. The van der Waals surface area contributed by atoms with E-state index in [9.17, 15) is 4.79 Å². The Morgan fingerprint density at radius 3 is 1.89 bits per heavy atom. The quantitative estimate of drug-likeness (QED) is 0.504. The summed E-state index contributed by atoms with van der Waals surface area (Å²) >= 11 is 2.12. The molecule has 0 aromatic rings. The van der Waals surface area contributed by atoms with Crippen molar-refractivity contribution in [1.82, 2.24) is 0 Å². The van der Waals surface area contributed by atoms with Crippen LogP contribution in [0, 0.1) is 0 Å². The average Bonchev–Trinajstić information content (AvgIpc) is 2.53. The Morgan fingerprint density at radius 2 is 1.61 bits per heavy atom. The van der Waals surface area contributed by atoms with Gasteiger partial charge in [0.2, 0.25) is 8.32 Å². The predicted molar refractivity (Wildman–Crippen MR) is 87.6 cm³/mol. The van der Waals surface area contributed by atoms with Gasteiger partial charge in [0.25, 0.3) is 0 Å². The Hall–Kier alpha value is 0.317. The van der Waals surface area contributed by atoms with Gasteiger partial charge >= 0.3 is 0 Å². The summed E-state index contributed by atoms with van der Waals surface area (Å²) in [6.07, 6.45) is 2.57. The molecule has 0 radical (unpaired) electrons. The highest BCUT2D eigenvalue weighted by Crippen LogP contribution is 2.44. The van der Waals surface area contributed by atoms with Gasteiger partial charge in [-0.25, -0.2) is 0 Å². The average molecular weight is 380 g/mol. The molecule has 1 aliphatic carbocycles. The van der Waals surface area contributed by atoms with Crippen LogP contribution in [-0.4, -0.2) is 20.2 Å². The van der Waals surface area contributed by atoms with Crippen LogP contribution in [0.3, 0.4) is 0 Å². The molecule has 1 rings (SSSR count). The fourth-order valence-electron chi connectivity index (χ4n) is 3.34. The molecule has 1 aliphatic rings. The van der Waals surface area contributed by atoms with E-state index in [0.717, 1.165) is 3.58 Å². The third-order valence-corrected chi connectivity index (χ3v) is 11.1. The molecule has 0 saturated carbocycles. The van der Waals surface area contributed by atoms with Crippen molar-refractivity contribution in [3.8, 4) is 0 Å². The first-order valence-corrected chi connectivity index (χ1v) is 10.0. The molecular formula is C14H25IO2Si. The van der Waals surface area contributed by atoms with Gasteiger partial charge in [0.1, 0.15) is 0 Å². The zero-order valence-corrected chi connectivity index (χ0v) is 15.4. The van der Waals surface area contributed by atoms with Crippen molar-refractivity contribution in [3.63, 3.8) is 0 Å². The lowest BCUT2D eigenvalue weighted by Gasteiger charge is -2.43. The highest BCUT2D eigenvalue weighted by molar-refractivity contribution is 14.1. The third kappa shape index (κ3) is 3.07. The molecule has 104 valence electrons. The lowest BCUT2D eigenvalue weighted by Crippen LogP contribution is -2.49. The maximum atomic E-state index is 11.6. The number of carbonyl (C=O) groups excluding carboxylic acids is 1. The zero-order valence-electron chi connectivity index (χ0n) is 12.3. The van der Waals surface area contributed by atoms with Crippen molar-refractivity contribution >= 4 is 36.7 Å². The van der Waals surface area contributed by atoms with Gasteiger partial charge in [-0.2, -0.15) is 0 Å². The van der Waals surface area contributed by atoms with Crippen LogP contribution in [0.1, 0.15) is 48.0 Å². The number of halogens is 1. The van der Waals surface area contributed by atoms with Crippen LogP contribution in [0.4, 0.5) is 0 Å².